The van der Waals surface area contributed by atoms with Crippen molar-refractivity contribution in [1.29, 1.82) is 0 Å². The number of nitrogens with one attached hydrogen (secondary N) is 2. The predicted molar refractivity (Wildman–Crippen MR) is 156 cm³/mol. The molecule has 1 aromatic heterocycles. The zero-order chi connectivity index (χ0) is 26.8. The highest BCUT2D eigenvalue weighted by Gasteiger charge is 2.23. The van der Waals surface area contributed by atoms with Crippen molar-refractivity contribution >= 4 is 34.5 Å². The summed E-state index contributed by atoms with van der Waals surface area (Å²) in [6.07, 6.45) is 6.76. The van der Waals surface area contributed by atoms with E-state index in [4.69, 9.17) is 9.72 Å². The van der Waals surface area contributed by atoms with Gasteiger partial charge in [0.05, 0.1) is 6.61 Å². The van der Waals surface area contributed by atoms with E-state index in [0.29, 0.717) is 18.9 Å². The van der Waals surface area contributed by atoms with E-state index in [0.717, 1.165) is 79.6 Å². The minimum Gasteiger partial charge on any atom is -0.493 e. The van der Waals surface area contributed by atoms with Gasteiger partial charge in [-0.1, -0.05) is 19.9 Å². The fourth-order valence-electron chi connectivity index (χ4n) is 4.75. The molecule has 2 N–H and O–H groups in total. The van der Waals surface area contributed by atoms with Gasteiger partial charge < -0.3 is 25.2 Å². The number of ether oxygens (including phenoxy) is 1. The van der Waals surface area contributed by atoms with Crippen LogP contribution in [0.5, 0.6) is 5.75 Å². The first kappa shape index (κ1) is 28.4. The minimum absolute atomic E-state index is 0.237. The number of aromatic nitrogens is 1. The van der Waals surface area contributed by atoms with Gasteiger partial charge in [-0.2, -0.15) is 0 Å². The Morgan fingerprint density at radius 3 is 2.62 bits per heavy atom. The molecule has 1 aromatic carbocycles. The van der Waals surface area contributed by atoms with Crippen LogP contribution in [0.4, 0.5) is 23.0 Å². The molecule has 37 heavy (non-hydrogen) atoms. The maximum Gasteiger partial charge on any atom is 0.222 e. The molecule has 202 valence electrons. The Balaban J connectivity index is 1.83. The van der Waals surface area contributed by atoms with Crippen LogP contribution in [0, 0.1) is 5.92 Å². The van der Waals surface area contributed by atoms with E-state index >= 15 is 0 Å². The molecule has 1 saturated heterocycles. The normalized spacial score (nSPS) is 16.1. The zero-order valence-electron chi connectivity index (χ0n) is 23.6. The topological polar surface area (TPSA) is 69.7 Å². The molecule has 1 aliphatic heterocycles. The van der Waals surface area contributed by atoms with Gasteiger partial charge in [0.1, 0.15) is 17.4 Å². The first-order valence-electron chi connectivity index (χ1n) is 13.7. The Morgan fingerprint density at radius 1 is 1.22 bits per heavy atom. The molecule has 0 spiro atoms. The largest absolute Gasteiger partial charge is 0.493 e. The molecule has 7 nitrogen and oxygen atoms in total. The van der Waals surface area contributed by atoms with E-state index in [1.807, 2.05) is 25.1 Å². The van der Waals surface area contributed by atoms with Crippen LogP contribution in [-0.4, -0.2) is 56.1 Å². The molecule has 0 saturated carbocycles. The van der Waals surface area contributed by atoms with Crippen molar-refractivity contribution < 1.29 is 9.53 Å². The van der Waals surface area contributed by atoms with Crippen LogP contribution >= 0.6 is 0 Å². The molecular formula is C30H45N5O2. The third-order valence-corrected chi connectivity index (χ3v) is 7.07. The van der Waals surface area contributed by atoms with Gasteiger partial charge in [-0.3, -0.25) is 4.79 Å². The summed E-state index contributed by atoms with van der Waals surface area (Å²) >= 11 is 0. The molecule has 0 aliphatic carbocycles. The molecule has 1 fully saturated rings. The number of hydrogen-bond donors (Lipinski definition) is 2. The first-order chi connectivity index (χ1) is 17.9. The number of rotatable bonds is 13. The molecule has 1 amide bonds. The maximum atomic E-state index is 12.1. The zero-order valence-corrected chi connectivity index (χ0v) is 23.6. The van der Waals surface area contributed by atoms with Crippen molar-refractivity contribution in [2.45, 2.75) is 59.8 Å². The molecular weight excluding hydrogens is 462 g/mol. The Kier molecular flexibility index (Phi) is 10.7. The number of amides is 1. The van der Waals surface area contributed by atoms with E-state index in [1.54, 1.807) is 0 Å². The first-order valence-corrected chi connectivity index (χ1v) is 13.7. The minimum atomic E-state index is 0.237. The lowest BCUT2D eigenvalue weighted by molar-refractivity contribution is -0.133. The van der Waals surface area contributed by atoms with Crippen molar-refractivity contribution in [3.05, 3.63) is 42.0 Å². The number of anilines is 4. The van der Waals surface area contributed by atoms with E-state index in [-0.39, 0.29) is 5.91 Å². The highest BCUT2D eigenvalue weighted by molar-refractivity contribution is 5.79. The maximum absolute atomic E-state index is 12.1. The number of likely N-dealkylation sites (tertiary alicyclic amines) is 1. The summed E-state index contributed by atoms with van der Waals surface area (Å²) in [6, 6.07) is 10.3. The summed E-state index contributed by atoms with van der Waals surface area (Å²) in [5, 5.41) is 6.81. The summed E-state index contributed by atoms with van der Waals surface area (Å²) in [4.78, 5) is 21.2. The van der Waals surface area contributed by atoms with Crippen molar-refractivity contribution in [2.24, 2.45) is 5.92 Å². The second-order valence-corrected chi connectivity index (χ2v) is 9.95. The van der Waals surface area contributed by atoms with Gasteiger partial charge in [-0.25, -0.2) is 4.98 Å². The summed E-state index contributed by atoms with van der Waals surface area (Å²) in [5.74, 6) is 3.12. The van der Waals surface area contributed by atoms with Gasteiger partial charge in [-0.15, -0.1) is 0 Å². The number of carbonyl (C=O) groups excluding carboxylic acids is 1. The van der Waals surface area contributed by atoms with Gasteiger partial charge in [0.25, 0.3) is 0 Å². The van der Waals surface area contributed by atoms with E-state index in [9.17, 15) is 4.79 Å². The van der Waals surface area contributed by atoms with E-state index in [1.165, 1.54) is 5.57 Å². The quantitative estimate of drug-likeness (QED) is 0.320. The van der Waals surface area contributed by atoms with Gasteiger partial charge in [0.15, 0.2) is 0 Å². The molecule has 3 rings (SSSR count). The Bertz CT molecular complexity index is 1060. The molecule has 2 heterocycles. The summed E-state index contributed by atoms with van der Waals surface area (Å²) in [5.41, 5.74) is 4.45. The van der Waals surface area contributed by atoms with Crippen LogP contribution in [-0.2, 0) is 4.79 Å². The Hall–Kier alpha value is -3.22. The van der Waals surface area contributed by atoms with Crippen LogP contribution in [0.15, 0.2) is 36.4 Å². The monoisotopic (exact) mass is 507 g/mol. The van der Waals surface area contributed by atoms with Crippen molar-refractivity contribution in [3.63, 3.8) is 0 Å². The van der Waals surface area contributed by atoms with Crippen LogP contribution in [0.25, 0.3) is 5.57 Å². The number of piperidine rings is 1. The molecule has 0 radical (unpaired) electrons. The van der Waals surface area contributed by atoms with Crippen LogP contribution in [0.2, 0.25) is 0 Å². The van der Waals surface area contributed by atoms with Crippen molar-refractivity contribution in [1.82, 2.24) is 9.88 Å². The average Bonchev–Trinajstić information content (AvgIpc) is 2.90. The second kappa shape index (κ2) is 13.9. The molecule has 1 unspecified atom stereocenters. The molecule has 1 aliphatic rings. The highest BCUT2D eigenvalue weighted by Crippen LogP contribution is 2.31. The van der Waals surface area contributed by atoms with Gasteiger partial charge in [0.2, 0.25) is 5.91 Å². The number of allylic oxidation sites excluding steroid dienone is 2. The SMILES string of the molecule is C/C=C(\C)c1cc(Nc2cc(OCCC3CCN(C)C(=O)C3)cc(N(CCC)CCC)n2)ccc1NC. The summed E-state index contributed by atoms with van der Waals surface area (Å²) < 4.78 is 6.26. The lowest BCUT2D eigenvalue weighted by Gasteiger charge is -2.28. The van der Waals surface area contributed by atoms with Crippen molar-refractivity contribution in [3.8, 4) is 5.75 Å². The molecule has 7 heteroatoms. The lowest BCUT2D eigenvalue weighted by Crippen LogP contribution is -2.36. The van der Waals surface area contributed by atoms with Gasteiger partial charge in [-0.05, 0) is 69.2 Å². The summed E-state index contributed by atoms with van der Waals surface area (Å²) in [6.45, 7) is 11.9. The molecule has 2 aromatic rings. The fourth-order valence-corrected chi connectivity index (χ4v) is 4.75. The molecule has 1 atom stereocenters. The lowest BCUT2D eigenvalue weighted by atomic mass is 9.94. The highest BCUT2D eigenvalue weighted by atomic mass is 16.5. The van der Waals surface area contributed by atoms with Crippen LogP contribution < -0.4 is 20.3 Å². The number of pyridine rings is 1. The van der Waals surface area contributed by atoms with Gasteiger partial charge >= 0.3 is 0 Å². The number of nitrogens with zero attached hydrogens (tertiary/aromatic N) is 3. The summed E-state index contributed by atoms with van der Waals surface area (Å²) in [7, 11) is 3.83. The fraction of sp³-hybridized carbons (Fsp3) is 0.533. The van der Waals surface area contributed by atoms with E-state index < -0.39 is 0 Å². The Labute approximate surface area is 223 Å². The third kappa shape index (κ3) is 7.88. The third-order valence-electron chi connectivity index (χ3n) is 7.07. The number of carbonyl (C=O) groups is 1. The van der Waals surface area contributed by atoms with Gasteiger partial charge in [0, 0.05) is 69.2 Å². The Morgan fingerprint density at radius 2 is 1.97 bits per heavy atom. The number of hydrogen-bond acceptors (Lipinski definition) is 6. The molecule has 0 bridgehead atoms. The average molecular weight is 508 g/mol. The number of benzene rings is 1. The smallest absolute Gasteiger partial charge is 0.222 e. The predicted octanol–water partition coefficient (Wildman–Crippen LogP) is 6.55. The van der Waals surface area contributed by atoms with Crippen LogP contribution in [0.1, 0.15) is 65.4 Å². The second-order valence-electron chi connectivity index (χ2n) is 9.95. The van der Waals surface area contributed by atoms with E-state index in [2.05, 4.69) is 73.6 Å². The van der Waals surface area contributed by atoms with Crippen LogP contribution in [0.3, 0.4) is 0 Å². The van der Waals surface area contributed by atoms with Crippen molar-refractivity contribution in [2.75, 3.05) is 55.9 Å². The standard InChI is InChI=1S/C30H45N5O2/c1-7-14-35(15-8-2)29-21-25(37-17-13-23-12-16-34(6)30(36)18-23)20-28(33-29)32-24-10-11-27(31-5)26(19-24)22(4)9-3/h9-11,19-21,23,31H,7-8,12-18H2,1-6H3,(H,32,33)/b22-9+.